The summed E-state index contributed by atoms with van der Waals surface area (Å²) >= 11 is 0. The lowest BCUT2D eigenvalue weighted by atomic mass is 10.0. The fraction of sp³-hybridized carbons (Fsp3) is 0.364. The number of aromatic amines is 2. The number of aliphatic imine (C=N–C) groups is 1. The van der Waals surface area contributed by atoms with E-state index in [0.29, 0.717) is 55.8 Å². The average Bonchev–Trinajstić information content (AvgIpc) is 3.59. The number of hydrogen-bond donors (Lipinski definition) is 7. The van der Waals surface area contributed by atoms with Crippen LogP contribution in [0.2, 0.25) is 0 Å². The van der Waals surface area contributed by atoms with Crippen LogP contribution in [0.15, 0.2) is 33.0 Å². The smallest absolute Gasteiger partial charge is 0.303 e. The van der Waals surface area contributed by atoms with Gasteiger partial charge in [0.1, 0.15) is 0 Å². The standard InChI is InChI=1S/C33H38N4O8/c1-14-20(7-9-28(40)41)25(13-26-21(8-10-29(42)43)15(2)32(44)37-26)34-22(14)11-23-16(3)30(18(5)38)27(35-23)12-24-17(4)31(19(6)39)33(45)36-24/h11-13,18-19,34-35,38-39H,7-10H2,1-6H3,(H,37,44)(H,40,41)(H,42,43)/b23-11-,26-13-,27-12-. The van der Waals surface area contributed by atoms with Gasteiger partial charge in [0.2, 0.25) is 0 Å². The third-order valence-corrected chi connectivity index (χ3v) is 8.30. The first-order valence-electron chi connectivity index (χ1n) is 14.6. The van der Waals surface area contributed by atoms with Gasteiger partial charge in [-0.3, -0.25) is 19.2 Å². The van der Waals surface area contributed by atoms with E-state index in [1.165, 1.54) is 6.92 Å². The van der Waals surface area contributed by atoms with Crippen molar-refractivity contribution in [3.63, 3.8) is 0 Å². The van der Waals surface area contributed by atoms with E-state index in [0.717, 1.165) is 16.7 Å². The van der Waals surface area contributed by atoms with E-state index in [2.05, 4.69) is 20.3 Å². The fourth-order valence-electron chi connectivity index (χ4n) is 5.87. The van der Waals surface area contributed by atoms with Gasteiger partial charge in [0, 0.05) is 51.8 Å². The van der Waals surface area contributed by atoms with Crippen LogP contribution in [0, 0.1) is 13.8 Å². The van der Waals surface area contributed by atoms with Crippen LogP contribution in [-0.4, -0.2) is 66.0 Å². The molecule has 0 fully saturated rings. The van der Waals surface area contributed by atoms with Crippen LogP contribution < -0.4 is 16.0 Å². The molecule has 0 aliphatic carbocycles. The van der Waals surface area contributed by atoms with Gasteiger partial charge in [-0.25, -0.2) is 4.99 Å². The van der Waals surface area contributed by atoms with E-state index in [9.17, 15) is 39.6 Å². The maximum atomic E-state index is 12.5. The van der Waals surface area contributed by atoms with E-state index in [1.54, 1.807) is 32.9 Å². The number of aliphatic hydroxyl groups is 2. The molecule has 12 heteroatoms. The maximum absolute atomic E-state index is 12.5. The molecule has 0 bridgehead atoms. The molecule has 2 unspecified atom stereocenters. The molecule has 238 valence electrons. The van der Waals surface area contributed by atoms with Crippen molar-refractivity contribution < 1.29 is 39.6 Å². The van der Waals surface area contributed by atoms with Crippen LogP contribution in [-0.2, 0) is 25.6 Å². The lowest BCUT2D eigenvalue weighted by molar-refractivity contribution is -0.138. The van der Waals surface area contributed by atoms with Crippen LogP contribution >= 0.6 is 0 Å². The summed E-state index contributed by atoms with van der Waals surface area (Å²) < 4.78 is 0. The molecule has 4 heterocycles. The number of amides is 2. The Labute approximate surface area is 259 Å². The normalized spacial score (nSPS) is 18.4. The third kappa shape index (κ3) is 6.81. The molecule has 12 nitrogen and oxygen atoms in total. The van der Waals surface area contributed by atoms with E-state index in [-0.39, 0.29) is 37.2 Å². The van der Waals surface area contributed by atoms with Gasteiger partial charge in [-0.2, -0.15) is 0 Å². The van der Waals surface area contributed by atoms with Gasteiger partial charge in [-0.05, 0) is 100 Å². The summed E-state index contributed by atoms with van der Waals surface area (Å²) in [5.74, 6) is -2.78. The van der Waals surface area contributed by atoms with Gasteiger partial charge in [-0.1, -0.05) is 0 Å². The summed E-state index contributed by atoms with van der Waals surface area (Å²) in [7, 11) is 0. The van der Waals surface area contributed by atoms with Crippen molar-refractivity contribution in [2.45, 2.75) is 79.4 Å². The first-order chi connectivity index (χ1) is 21.1. The summed E-state index contributed by atoms with van der Waals surface area (Å²) in [6, 6.07) is 0. The van der Waals surface area contributed by atoms with Crippen LogP contribution in [0.3, 0.4) is 0 Å². The average molecular weight is 619 g/mol. The number of carbonyl (C=O) groups excluding carboxylic acids is 2. The zero-order valence-corrected chi connectivity index (χ0v) is 26.1. The van der Waals surface area contributed by atoms with Gasteiger partial charge in [0.25, 0.3) is 11.8 Å². The molecule has 0 saturated heterocycles. The minimum Gasteiger partial charge on any atom is -0.481 e. The first-order valence-corrected chi connectivity index (χ1v) is 14.6. The number of aliphatic hydroxyl groups excluding tert-OH is 2. The SMILES string of the molecule is CC1=C(CCC(=O)O)/C(=C/c2[nH]c(/C=c3\[nH]/c(=C\C4=NC(=O)C(C(C)O)=C4C)c(C(C)O)c3C)c(C)c2CCC(=O)O)NC1=O. The number of nitrogens with zero attached hydrogens (tertiary/aromatic N) is 1. The number of H-pyrrole nitrogens is 2. The molecule has 2 amide bonds. The number of hydrogen-bond acceptors (Lipinski definition) is 6. The Kier molecular flexibility index (Phi) is 9.59. The summed E-state index contributed by atoms with van der Waals surface area (Å²) in [5.41, 5.74) is 6.73. The van der Waals surface area contributed by atoms with Crippen molar-refractivity contribution in [1.29, 1.82) is 0 Å². The number of carbonyl (C=O) groups is 4. The molecule has 2 aliphatic heterocycles. The van der Waals surface area contributed by atoms with Gasteiger partial charge in [0.05, 0.1) is 23.5 Å². The molecule has 2 aliphatic rings. The number of rotatable bonds is 11. The van der Waals surface area contributed by atoms with Gasteiger partial charge in [-0.15, -0.1) is 0 Å². The van der Waals surface area contributed by atoms with Gasteiger partial charge < -0.3 is 35.7 Å². The summed E-state index contributed by atoms with van der Waals surface area (Å²) in [5, 5.41) is 43.3. The van der Waals surface area contributed by atoms with Crippen molar-refractivity contribution in [1.82, 2.24) is 15.3 Å². The molecule has 0 radical (unpaired) electrons. The molecule has 0 spiro atoms. The Morgan fingerprint density at radius 3 is 2.02 bits per heavy atom. The van der Waals surface area contributed by atoms with Crippen LogP contribution in [0.1, 0.15) is 86.7 Å². The second-order valence-corrected chi connectivity index (χ2v) is 11.4. The fourth-order valence-corrected chi connectivity index (χ4v) is 5.87. The summed E-state index contributed by atoms with van der Waals surface area (Å²) in [6.45, 7) is 10.2. The molecule has 2 aromatic heterocycles. The molecule has 0 saturated carbocycles. The Hall–Kier alpha value is -4.81. The Balaban J connectivity index is 1.87. The van der Waals surface area contributed by atoms with Crippen LogP contribution in [0.25, 0.3) is 18.2 Å². The molecular formula is C33H38N4O8. The molecule has 2 aromatic rings. The van der Waals surface area contributed by atoms with E-state index in [1.807, 2.05) is 19.9 Å². The second kappa shape index (κ2) is 13.0. The number of nitrogens with one attached hydrogen (secondary N) is 3. The highest BCUT2D eigenvalue weighted by atomic mass is 16.4. The highest BCUT2D eigenvalue weighted by Gasteiger charge is 2.27. The number of aliphatic carboxylic acids is 2. The van der Waals surface area contributed by atoms with E-state index >= 15 is 0 Å². The van der Waals surface area contributed by atoms with Crippen molar-refractivity contribution in [3.8, 4) is 0 Å². The highest BCUT2D eigenvalue weighted by Crippen LogP contribution is 2.30. The molecule has 7 N–H and O–H groups in total. The second-order valence-electron chi connectivity index (χ2n) is 11.4. The Bertz CT molecular complexity index is 1860. The number of aromatic nitrogens is 2. The summed E-state index contributed by atoms with van der Waals surface area (Å²) in [6.07, 6.45) is 3.45. The lowest BCUT2D eigenvalue weighted by Gasteiger charge is -2.06. The van der Waals surface area contributed by atoms with Crippen molar-refractivity contribution in [2.75, 3.05) is 0 Å². The quantitative estimate of drug-likeness (QED) is 0.198. The predicted molar refractivity (Wildman–Crippen MR) is 167 cm³/mol. The highest BCUT2D eigenvalue weighted by molar-refractivity contribution is 6.31. The largest absolute Gasteiger partial charge is 0.481 e. The van der Waals surface area contributed by atoms with Crippen LogP contribution in [0.5, 0.6) is 0 Å². The lowest BCUT2D eigenvalue weighted by Crippen LogP contribution is -2.16. The number of allylic oxidation sites excluding steroid dienone is 2. The molecule has 2 atom stereocenters. The number of carboxylic acids is 2. The minimum absolute atomic E-state index is 0.129. The predicted octanol–water partition coefficient (Wildman–Crippen LogP) is 1.97. The zero-order chi connectivity index (χ0) is 33.3. The van der Waals surface area contributed by atoms with E-state index in [4.69, 9.17) is 0 Å². The van der Waals surface area contributed by atoms with Gasteiger partial charge in [0.15, 0.2) is 0 Å². The topological polar surface area (TPSA) is 205 Å². The van der Waals surface area contributed by atoms with Crippen LogP contribution in [0.4, 0.5) is 0 Å². The Morgan fingerprint density at radius 2 is 1.44 bits per heavy atom. The molecule has 45 heavy (non-hydrogen) atoms. The number of carboxylic acid groups (broad SMARTS) is 2. The molecule has 4 rings (SSSR count). The van der Waals surface area contributed by atoms with Crippen molar-refractivity contribution >= 4 is 47.7 Å². The van der Waals surface area contributed by atoms with E-state index < -0.39 is 30.1 Å². The summed E-state index contributed by atoms with van der Waals surface area (Å²) in [4.78, 5) is 58.3. The maximum Gasteiger partial charge on any atom is 0.303 e. The third-order valence-electron chi connectivity index (χ3n) is 8.30. The Morgan fingerprint density at radius 1 is 0.800 bits per heavy atom. The van der Waals surface area contributed by atoms with Crippen molar-refractivity contribution in [3.05, 3.63) is 72.3 Å². The zero-order valence-electron chi connectivity index (χ0n) is 26.1. The van der Waals surface area contributed by atoms with Gasteiger partial charge >= 0.3 is 11.9 Å². The van der Waals surface area contributed by atoms with Crippen molar-refractivity contribution in [2.24, 2.45) is 4.99 Å². The monoisotopic (exact) mass is 618 g/mol. The molecular weight excluding hydrogens is 580 g/mol. The molecule has 0 aromatic carbocycles. The first kappa shape index (κ1) is 33.1. The minimum atomic E-state index is -0.987.